The topological polar surface area (TPSA) is 118 Å². The standard InChI is InChI=1S/C40H47N2O6PS/c1-6-7-26-41-35-21-12-11-20-33(35)39(2,3)37(41)22-13-18-31(30-16-9-8-10-17-30)19-14-23-38-40(4,5)34-29-32(50(46,47)48)24-25-36(34)42(38)27-15-28-49(43,44)45/h8-14,16-25,29H,6-7,15,26-28H2,1-5H3,(H2-,43,44,45,46,47,48)/p+1. The molecule has 5 rings (SSSR count). The maximum atomic E-state index is 12.0. The third kappa shape index (κ3) is 8.03. The van der Waals surface area contributed by atoms with Crippen molar-refractivity contribution >= 4 is 40.4 Å². The largest absolute Gasteiger partial charge is 0.344 e. The molecule has 0 fully saturated rings. The van der Waals surface area contributed by atoms with E-state index in [4.69, 9.17) is 0 Å². The van der Waals surface area contributed by atoms with Gasteiger partial charge in [-0.1, -0.05) is 100 Å². The molecule has 3 aromatic rings. The van der Waals surface area contributed by atoms with Crippen LogP contribution in [0.5, 0.6) is 0 Å². The molecule has 0 aliphatic carbocycles. The van der Waals surface area contributed by atoms with E-state index >= 15 is 0 Å². The molecule has 0 unspecified atom stereocenters. The Bertz CT molecular complexity index is 2050. The van der Waals surface area contributed by atoms with Crippen molar-refractivity contribution in [2.24, 2.45) is 0 Å². The van der Waals surface area contributed by atoms with Crippen molar-refractivity contribution in [1.82, 2.24) is 0 Å². The number of unbranched alkanes of at least 4 members (excludes halogenated alkanes) is 1. The fraction of sp³-hybridized carbons (Fsp3) is 0.325. The van der Waals surface area contributed by atoms with Crippen LogP contribution < -0.4 is 4.90 Å². The summed E-state index contributed by atoms with van der Waals surface area (Å²) in [7, 11) is -8.63. The molecule has 0 saturated heterocycles. The van der Waals surface area contributed by atoms with E-state index in [1.807, 2.05) is 55.2 Å². The second-order valence-corrected chi connectivity index (χ2v) is 17.2. The van der Waals surface area contributed by atoms with Crippen LogP contribution in [0.15, 0.2) is 120 Å². The first-order valence-corrected chi connectivity index (χ1v) is 20.3. The van der Waals surface area contributed by atoms with Gasteiger partial charge < -0.3 is 14.7 Å². The van der Waals surface area contributed by atoms with Gasteiger partial charge in [-0.2, -0.15) is 13.0 Å². The lowest BCUT2D eigenvalue weighted by Crippen LogP contribution is -2.27. The van der Waals surface area contributed by atoms with Crippen LogP contribution in [0.1, 0.15) is 70.6 Å². The minimum absolute atomic E-state index is 0.149. The van der Waals surface area contributed by atoms with Gasteiger partial charge >= 0.3 is 7.60 Å². The minimum Gasteiger partial charge on any atom is -0.344 e. The Balaban J connectivity index is 1.53. The molecule has 3 N–H and O–H groups in total. The molecule has 0 spiro atoms. The summed E-state index contributed by atoms with van der Waals surface area (Å²) < 4.78 is 47.9. The van der Waals surface area contributed by atoms with Crippen LogP contribution in [0, 0.1) is 0 Å². The zero-order chi connectivity index (χ0) is 36.3. The van der Waals surface area contributed by atoms with Crippen LogP contribution in [0.3, 0.4) is 0 Å². The van der Waals surface area contributed by atoms with Gasteiger partial charge in [-0.15, -0.1) is 0 Å². The van der Waals surface area contributed by atoms with Gasteiger partial charge in [0.05, 0.1) is 16.5 Å². The van der Waals surface area contributed by atoms with E-state index < -0.39 is 23.1 Å². The molecule has 0 atom stereocenters. The van der Waals surface area contributed by atoms with Crippen molar-refractivity contribution in [2.45, 2.75) is 69.6 Å². The normalized spacial score (nSPS) is 18.1. The van der Waals surface area contributed by atoms with Gasteiger partial charge in [0.25, 0.3) is 10.1 Å². The highest BCUT2D eigenvalue weighted by Crippen LogP contribution is 2.49. The monoisotopic (exact) mass is 715 g/mol. The van der Waals surface area contributed by atoms with Crippen LogP contribution in [0.4, 0.5) is 11.4 Å². The van der Waals surface area contributed by atoms with Crippen molar-refractivity contribution in [1.29, 1.82) is 0 Å². The Morgan fingerprint density at radius 1 is 0.900 bits per heavy atom. The van der Waals surface area contributed by atoms with Gasteiger partial charge in [0, 0.05) is 47.5 Å². The summed E-state index contributed by atoms with van der Waals surface area (Å²) in [6, 6.07) is 23.2. The van der Waals surface area contributed by atoms with Gasteiger partial charge in [-0.3, -0.25) is 9.12 Å². The predicted molar refractivity (Wildman–Crippen MR) is 203 cm³/mol. The zero-order valence-electron chi connectivity index (χ0n) is 29.5. The number of hydrogen-bond acceptors (Lipinski definition) is 4. The molecule has 2 aliphatic heterocycles. The third-order valence-corrected chi connectivity index (χ3v) is 11.4. The van der Waals surface area contributed by atoms with Crippen molar-refractivity contribution < 1.29 is 31.9 Å². The van der Waals surface area contributed by atoms with E-state index in [1.165, 1.54) is 29.1 Å². The zero-order valence-corrected chi connectivity index (χ0v) is 31.2. The lowest BCUT2D eigenvalue weighted by molar-refractivity contribution is -0.438. The number of rotatable bonds is 13. The van der Waals surface area contributed by atoms with Gasteiger partial charge in [-0.25, -0.2) is 0 Å². The average molecular weight is 716 g/mol. The van der Waals surface area contributed by atoms with E-state index in [2.05, 4.69) is 80.0 Å². The number of benzene rings is 3. The molecule has 0 aromatic heterocycles. The fourth-order valence-electron chi connectivity index (χ4n) is 7.05. The third-order valence-electron chi connectivity index (χ3n) is 9.69. The Morgan fingerprint density at radius 3 is 2.28 bits per heavy atom. The van der Waals surface area contributed by atoms with Crippen LogP contribution in [0.25, 0.3) is 5.57 Å². The fourth-order valence-corrected chi connectivity index (χ4v) is 8.11. The Labute approximate surface area is 296 Å². The van der Waals surface area contributed by atoms with Crippen molar-refractivity contribution in [3.63, 3.8) is 0 Å². The van der Waals surface area contributed by atoms with Gasteiger partial charge in [0.1, 0.15) is 6.54 Å². The molecule has 0 radical (unpaired) electrons. The first kappa shape index (κ1) is 37.4. The quantitative estimate of drug-likeness (QED) is 0.0703. The molecule has 0 saturated carbocycles. The summed E-state index contributed by atoms with van der Waals surface area (Å²) in [5.74, 6) is 0. The summed E-state index contributed by atoms with van der Waals surface area (Å²) in [6.07, 6.45) is 14.6. The van der Waals surface area contributed by atoms with E-state index in [0.717, 1.165) is 41.9 Å². The first-order chi connectivity index (χ1) is 23.6. The lowest BCUT2D eigenvalue weighted by atomic mass is 9.81. The molecule has 2 heterocycles. The van der Waals surface area contributed by atoms with E-state index in [-0.39, 0.29) is 22.9 Å². The van der Waals surface area contributed by atoms with Gasteiger partial charge in [0.2, 0.25) is 5.69 Å². The number of hydrogen-bond donors (Lipinski definition) is 3. The summed E-state index contributed by atoms with van der Waals surface area (Å²) in [5.41, 5.74) is 7.34. The van der Waals surface area contributed by atoms with Crippen molar-refractivity contribution in [3.05, 3.63) is 132 Å². The Morgan fingerprint density at radius 2 is 1.60 bits per heavy atom. The number of anilines is 1. The van der Waals surface area contributed by atoms with Gasteiger partial charge in [-0.05, 0) is 61.2 Å². The van der Waals surface area contributed by atoms with Gasteiger partial charge in [0.15, 0.2) is 5.71 Å². The summed E-state index contributed by atoms with van der Waals surface area (Å²) in [5, 5.41) is 0. The van der Waals surface area contributed by atoms with E-state index in [0.29, 0.717) is 12.1 Å². The van der Waals surface area contributed by atoms with Crippen molar-refractivity contribution in [3.8, 4) is 0 Å². The summed E-state index contributed by atoms with van der Waals surface area (Å²) in [6.45, 7) is 12.0. The molecule has 2 aliphatic rings. The van der Waals surface area contributed by atoms with Crippen LogP contribution in [-0.2, 0) is 25.5 Å². The maximum Gasteiger partial charge on any atom is 0.325 e. The van der Waals surface area contributed by atoms with Crippen LogP contribution in [0.2, 0.25) is 0 Å². The summed E-state index contributed by atoms with van der Waals surface area (Å²) >= 11 is 0. The smallest absolute Gasteiger partial charge is 0.325 e. The molecule has 50 heavy (non-hydrogen) atoms. The van der Waals surface area contributed by atoms with Crippen LogP contribution in [-0.4, -0.2) is 52.3 Å². The molecule has 3 aromatic carbocycles. The molecule has 0 amide bonds. The molecule has 264 valence electrons. The Kier molecular flexibility index (Phi) is 11.1. The highest BCUT2D eigenvalue weighted by atomic mass is 32.2. The first-order valence-electron chi connectivity index (χ1n) is 17.1. The summed E-state index contributed by atoms with van der Waals surface area (Å²) in [4.78, 5) is 20.8. The van der Waals surface area contributed by atoms with Crippen molar-refractivity contribution in [2.75, 3.05) is 24.2 Å². The molecule has 8 nitrogen and oxygen atoms in total. The average Bonchev–Trinajstić information content (AvgIpc) is 3.40. The molecular weight excluding hydrogens is 667 g/mol. The molecular formula is C40H48N2O6PS+. The highest BCUT2D eigenvalue weighted by molar-refractivity contribution is 7.85. The number of nitrogens with zero attached hydrogens (tertiary/aromatic N) is 2. The Hall–Kier alpha value is -3.85. The minimum atomic E-state index is -4.42. The second kappa shape index (κ2) is 14.8. The maximum absolute atomic E-state index is 12.0. The SMILES string of the molecule is CCCC[N+]1=C(/C=C/C=C(/C=C/C=C2/N(CCCP(=O)(O)O)c3ccc(S(=O)(=O)O)cc3C2(C)C)c2ccccc2)C(C)(C)c2ccccc21. The molecule has 0 bridgehead atoms. The second-order valence-electron chi connectivity index (χ2n) is 14.0. The number of allylic oxidation sites excluding steroid dienone is 8. The number of para-hydroxylation sites is 1. The molecule has 10 heteroatoms. The van der Waals surface area contributed by atoms with E-state index in [1.54, 1.807) is 6.07 Å². The van der Waals surface area contributed by atoms with E-state index in [9.17, 15) is 27.3 Å². The highest BCUT2D eigenvalue weighted by Gasteiger charge is 2.44. The number of fused-ring (bicyclic) bond motifs is 2. The lowest BCUT2D eigenvalue weighted by Gasteiger charge is -2.27. The predicted octanol–water partition coefficient (Wildman–Crippen LogP) is 8.56. The van der Waals surface area contributed by atoms with Crippen LogP contribution >= 0.6 is 7.60 Å².